The topological polar surface area (TPSA) is 42.7 Å². The fourth-order valence-electron chi connectivity index (χ4n) is 3.27. The maximum Gasteiger partial charge on any atom is 0.234 e. The molecule has 0 spiro atoms. The molecule has 0 saturated carbocycles. The van der Waals surface area contributed by atoms with Crippen LogP contribution in [0, 0.1) is 0 Å². The van der Waals surface area contributed by atoms with Crippen molar-refractivity contribution in [3.63, 3.8) is 0 Å². The van der Waals surface area contributed by atoms with E-state index < -0.39 is 0 Å². The predicted molar refractivity (Wildman–Crippen MR) is 129 cm³/mol. The number of nitrogens with zero attached hydrogens (tertiary/aromatic N) is 4. The normalized spacial score (nSPS) is 10.6. The van der Waals surface area contributed by atoms with Crippen LogP contribution in [0.2, 0.25) is 0 Å². The zero-order valence-electron chi connectivity index (χ0n) is 18.0. The van der Waals surface area contributed by atoms with E-state index in [4.69, 9.17) is 4.74 Å². The molecule has 0 bridgehead atoms. The minimum absolute atomic E-state index is 0. The van der Waals surface area contributed by atoms with Crippen molar-refractivity contribution in [3.05, 3.63) is 48.9 Å². The van der Waals surface area contributed by atoms with E-state index in [-0.39, 0.29) is 24.8 Å². The summed E-state index contributed by atoms with van der Waals surface area (Å²) in [7, 11) is 0. The Bertz CT molecular complexity index is 798. The Morgan fingerprint density at radius 2 is 1.60 bits per heavy atom. The van der Waals surface area contributed by atoms with Gasteiger partial charge in [0.1, 0.15) is 5.75 Å². The second-order valence-corrected chi connectivity index (χ2v) is 7.23. The molecule has 0 amide bonds. The van der Waals surface area contributed by atoms with Gasteiger partial charge in [0.05, 0.1) is 12.3 Å². The largest absolute Gasteiger partial charge is 0.494 e. The van der Waals surface area contributed by atoms with Gasteiger partial charge in [-0.25, -0.2) is 9.97 Å². The van der Waals surface area contributed by atoms with Gasteiger partial charge in [0, 0.05) is 30.7 Å². The summed E-state index contributed by atoms with van der Waals surface area (Å²) in [6.45, 7) is 8.80. The molecule has 3 aromatic rings. The second kappa shape index (κ2) is 14.2. The molecule has 5 nitrogen and oxygen atoms in total. The number of ether oxygens (including phenoxy) is 1. The van der Waals surface area contributed by atoms with Crippen LogP contribution in [0.15, 0.2) is 48.9 Å². The van der Waals surface area contributed by atoms with Gasteiger partial charge < -0.3 is 9.64 Å². The van der Waals surface area contributed by atoms with Crippen molar-refractivity contribution in [2.24, 2.45) is 0 Å². The molecule has 0 aliphatic carbocycles. The fraction of sp³-hybridized carbons (Fsp3) is 0.478. The molecule has 2 aromatic heterocycles. The molecule has 30 heavy (non-hydrogen) atoms. The summed E-state index contributed by atoms with van der Waals surface area (Å²) in [4.78, 5) is 11.4. The van der Waals surface area contributed by atoms with Crippen LogP contribution in [0.5, 0.6) is 5.75 Å². The SMILES string of the molecule is CCCCN(CCCC)CCCOc1ccc(-c2cn3cccnc3n2)cc1.Cl.Cl. The van der Waals surface area contributed by atoms with Crippen molar-refractivity contribution >= 4 is 30.6 Å². The van der Waals surface area contributed by atoms with Gasteiger partial charge >= 0.3 is 0 Å². The molecule has 0 unspecified atom stereocenters. The van der Waals surface area contributed by atoms with Gasteiger partial charge in [-0.3, -0.25) is 4.40 Å². The first-order valence-electron chi connectivity index (χ1n) is 10.6. The highest BCUT2D eigenvalue weighted by atomic mass is 35.5. The average molecular weight is 453 g/mol. The first-order valence-corrected chi connectivity index (χ1v) is 10.6. The zero-order valence-corrected chi connectivity index (χ0v) is 19.6. The fourth-order valence-corrected chi connectivity index (χ4v) is 3.27. The van der Waals surface area contributed by atoms with E-state index >= 15 is 0 Å². The van der Waals surface area contributed by atoms with E-state index in [2.05, 4.69) is 40.8 Å². The molecule has 3 rings (SSSR count). The minimum atomic E-state index is 0. The van der Waals surface area contributed by atoms with Gasteiger partial charge in [-0.05, 0) is 62.7 Å². The van der Waals surface area contributed by atoms with Crippen molar-refractivity contribution in [1.82, 2.24) is 19.3 Å². The summed E-state index contributed by atoms with van der Waals surface area (Å²) in [6, 6.07) is 10.1. The molecular weight excluding hydrogens is 419 g/mol. The Labute approximate surface area is 192 Å². The lowest BCUT2D eigenvalue weighted by Crippen LogP contribution is -2.28. The first kappa shape index (κ1) is 26.2. The van der Waals surface area contributed by atoms with Gasteiger partial charge in [0.2, 0.25) is 5.78 Å². The Kier molecular flexibility index (Phi) is 12.4. The Morgan fingerprint density at radius 1 is 0.933 bits per heavy atom. The molecule has 7 heteroatoms. The van der Waals surface area contributed by atoms with E-state index in [1.54, 1.807) is 6.20 Å². The van der Waals surface area contributed by atoms with E-state index in [0.717, 1.165) is 36.6 Å². The van der Waals surface area contributed by atoms with E-state index in [1.165, 1.54) is 38.8 Å². The third-order valence-electron chi connectivity index (χ3n) is 4.93. The summed E-state index contributed by atoms with van der Waals surface area (Å²) in [5.41, 5.74) is 2.00. The van der Waals surface area contributed by atoms with Crippen molar-refractivity contribution < 1.29 is 4.74 Å². The number of aromatic nitrogens is 3. The molecule has 166 valence electrons. The van der Waals surface area contributed by atoms with Gasteiger partial charge in [-0.1, -0.05) is 26.7 Å². The Morgan fingerprint density at radius 3 is 2.23 bits per heavy atom. The number of unbranched alkanes of at least 4 members (excludes halogenated alkanes) is 2. The zero-order chi connectivity index (χ0) is 19.6. The van der Waals surface area contributed by atoms with Crippen LogP contribution < -0.4 is 4.74 Å². The van der Waals surface area contributed by atoms with Crippen molar-refractivity contribution in [2.45, 2.75) is 46.0 Å². The summed E-state index contributed by atoms with van der Waals surface area (Å²) >= 11 is 0. The number of fused-ring (bicyclic) bond motifs is 1. The molecule has 0 aliphatic rings. The highest BCUT2D eigenvalue weighted by Crippen LogP contribution is 2.22. The molecule has 0 radical (unpaired) electrons. The van der Waals surface area contributed by atoms with Crippen LogP contribution in [-0.4, -0.2) is 45.5 Å². The lowest BCUT2D eigenvalue weighted by molar-refractivity contribution is 0.229. The highest BCUT2D eigenvalue weighted by molar-refractivity contribution is 5.85. The van der Waals surface area contributed by atoms with Gasteiger partial charge in [0.15, 0.2) is 0 Å². The second-order valence-electron chi connectivity index (χ2n) is 7.23. The van der Waals surface area contributed by atoms with Crippen LogP contribution in [-0.2, 0) is 0 Å². The third-order valence-corrected chi connectivity index (χ3v) is 4.93. The molecule has 0 saturated heterocycles. The van der Waals surface area contributed by atoms with E-state index in [0.29, 0.717) is 5.78 Å². The Hall–Kier alpha value is -1.82. The summed E-state index contributed by atoms with van der Waals surface area (Å²) in [5, 5.41) is 0. The first-order chi connectivity index (χ1) is 13.8. The Balaban J connectivity index is 0.00000225. The molecular formula is C23H34Cl2N4O. The van der Waals surface area contributed by atoms with E-state index in [9.17, 15) is 0 Å². The lowest BCUT2D eigenvalue weighted by atomic mass is 10.2. The van der Waals surface area contributed by atoms with Crippen molar-refractivity contribution in [1.29, 1.82) is 0 Å². The molecule has 0 fully saturated rings. The smallest absolute Gasteiger partial charge is 0.234 e. The molecule has 1 aromatic carbocycles. The summed E-state index contributed by atoms with van der Waals surface area (Å²) < 4.78 is 7.88. The van der Waals surface area contributed by atoms with Crippen LogP contribution in [0.3, 0.4) is 0 Å². The summed E-state index contributed by atoms with van der Waals surface area (Å²) in [6.07, 6.45) is 11.9. The summed E-state index contributed by atoms with van der Waals surface area (Å²) in [5.74, 6) is 1.63. The lowest BCUT2D eigenvalue weighted by Gasteiger charge is -2.21. The van der Waals surface area contributed by atoms with E-state index in [1.807, 2.05) is 35.0 Å². The predicted octanol–water partition coefficient (Wildman–Crippen LogP) is 5.91. The number of imidazole rings is 1. The van der Waals surface area contributed by atoms with Crippen LogP contribution in [0.1, 0.15) is 46.0 Å². The number of hydrogen-bond donors (Lipinski definition) is 0. The highest BCUT2D eigenvalue weighted by Gasteiger charge is 2.06. The standard InChI is InChI=1S/C23H32N4O.2ClH/c1-3-5-14-26(15-6-4-2)16-8-18-28-21-11-9-20(10-12-21)22-19-27-17-7-13-24-23(27)25-22;;/h7,9-13,17,19H,3-6,8,14-16,18H2,1-2H3;2*1H. The van der Waals surface area contributed by atoms with Gasteiger partial charge in [-0.2, -0.15) is 0 Å². The quantitative estimate of drug-likeness (QED) is 0.320. The molecule has 0 N–H and O–H groups in total. The molecule has 0 aliphatic heterocycles. The third kappa shape index (κ3) is 7.78. The monoisotopic (exact) mass is 452 g/mol. The molecule has 0 atom stereocenters. The number of halogens is 2. The maximum atomic E-state index is 5.95. The average Bonchev–Trinajstić information content (AvgIpc) is 3.17. The molecule has 2 heterocycles. The maximum absolute atomic E-state index is 5.95. The van der Waals surface area contributed by atoms with Crippen LogP contribution in [0.25, 0.3) is 17.0 Å². The van der Waals surface area contributed by atoms with Crippen LogP contribution in [0.4, 0.5) is 0 Å². The van der Waals surface area contributed by atoms with Crippen molar-refractivity contribution in [2.75, 3.05) is 26.2 Å². The minimum Gasteiger partial charge on any atom is -0.494 e. The van der Waals surface area contributed by atoms with Gasteiger partial charge in [0.25, 0.3) is 0 Å². The number of rotatable bonds is 12. The number of benzene rings is 1. The van der Waals surface area contributed by atoms with Gasteiger partial charge in [-0.15, -0.1) is 24.8 Å². The number of hydrogen-bond acceptors (Lipinski definition) is 4. The van der Waals surface area contributed by atoms with Crippen molar-refractivity contribution in [3.8, 4) is 17.0 Å². The van der Waals surface area contributed by atoms with Crippen LogP contribution >= 0.6 is 24.8 Å².